The van der Waals surface area contributed by atoms with Crippen molar-refractivity contribution in [3.8, 4) is 0 Å². The van der Waals surface area contributed by atoms with Crippen LogP contribution in [0.1, 0.15) is 6.42 Å². The molecular formula is C17H22ClN3O4S. The largest absolute Gasteiger partial charge is 0.390 e. The highest BCUT2D eigenvalue weighted by atomic mass is 35.5. The average molecular weight is 400 g/mol. The molecule has 5 unspecified atom stereocenters. The van der Waals surface area contributed by atoms with Crippen molar-refractivity contribution >= 4 is 40.1 Å². The number of halogens is 1. The van der Waals surface area contributed by atoms with Gasteiger partial charge in [-0.2, -0.15) is 0 Å². The molecule has 0 aromatic heterocycles. The van der Waals surface area contributed by atoms with Crippen molar-refractivity contribution in [2.75, 3.05) is 25.6 Å². The first-order valence-electron chi connectivity index (χ1n) is 8.39. The van der Waals surface area contributed by atoms with Crippen LogP contribution in [0.25, 0.3) is 0 Å². The second-order valence-corrected chi connectivity index (χ2v) is 7.93. The highest BCUT2D eigenvalue weighted by molar-refractivity contribution is 8.15. The van der Waals surface area contributed by atoms with Crippen molar-refractivity contribution in [3.05, 3.63) is 29.3 Å². The molecule has 1 saturated carbocycles. The molecule has 7 nitrogen and oxygen atoms in total. The molecule has 0 bridgehead atoms. The van der Waals surface area contributed by atoms with Gasteiger partial charge in [-0.15, -0.1) is 0 Å². The van der Waals surface area contributed by atoms with Gasteiger partial charge in [0.05, 0.1) is 24.7 Å². The lowest BCUT2D eigenvalue weighted by Gasteiger charge is -2.37. The lowest BCUT2D eigenvalue weighted by Crippen LogP contribution is -2.54. The van der Waals surface area contributed by atoms with E-state index in [0.717, 1.165) is 5.69 Å². The number of carbonyl (C=O) groups is 1. The number of anilines is 1. The number of methoxy groups -OCH3 is 1. The monoisotopic (exact) mass is 399 g/mol. The standard InChI is InChI=1S/C17H22ClN3O4S/c1-25-7-6-19-16(24)11-8-12(22)14(23)13-15(11)26-17(21-13)20-10-4-2-9(18)3-5-10/h2-5,11-15,22-23H,6-8H2,1H3,(H,19,24)(H,20,21). The van der Waals surface area contributed by atoms with Crippen LogP contribution >= 0.6 is 23.4 Å². The van der Waals surface area contributed by atoms with Crippen LogP contribution in [0.2, 0.25) is 5.02 Å². The third-order valence-corrected chi connectivity index (χ3v) is 6.09. The number of nitrogens with zero attached hydrogens (tertiary/aromatic N) is 1. The Balaban J connectivity index is 1.70. The smallest absolute Gasteiger partial charge is 0.224 e. The predicted molar refractivity (Wildman–Crippen MR) is 103 cm³/mol. The number of ether oxygens (including phenoxy) is 1. The van der Waals surface area contributed by atoms with Crippen molar-refractivity contribution < 1.29 is 19.7 Å². The molecular weight excluding hydrogens is 378 g/mol. The molecule has 4 N–H and O–H groups in total. The normalized spacial score (nSPS) is 30.5. The number of carbonyl (C=O) groups excluding carboxylic acids is 1. The number of nitrogens with one attached hydrogen (secondary N) is 2. The van der Waals surface area contributed by atoms with E-state index < -0.39 is 24.2 Å². The number of thioether (sulfide) groups is 1. The molecule has 1 amide bonds. The van der Waals surface area contributed by atoms with E-state index in [-0.39, 0.29) is 17.6 Å². The van der Waals surface area contributed by atoms with E-state index in [0.29, 0.717) is 23.3 Å². The lowest BCUT2D eigenvalue weighted by atomic mass is 9.81. The first-order chi connectivity index (χ1) is 12.5. The van der Waals surface area contributed by atoms with Crippen LogP contribution in [0, 0.1) is 5.92 Å². The number of aliphatic hydroxyl groups excluding tert-OH is 2. The Morgan fingerprint density at radius 1 is 1.38 bits per heavy atom. The number of aliphatic hydroxyl groups is 2. The quantitative estimate of drug-likeness (QED) is 0.553. The molecule has 1 aromatic carbocycles. The fourth-order valence-electron chi connectivity index (χ4n) is 3.17. The van der Waals surface area contributed by atoms with Gasteiger partial charge in [-0.05, 0) is 30.7 Å². The first-order valence-corrected chi connectivity index (χ1v) is 9.65. The van der Waals surface area contributed by atoms with Crippen molar-refractivity contribution in [1.82, 2.24) is 5.32 Å². The molecule has 0 saturated heterocycles. The molecule has 3 rings (SSSR count). The van der Waals surface area contributed by atoms with Gasteiger partial charge in [0.1, 0.15) is 6.10 Å². The lowest BCUT2D eigenvalue weighted by molar-refractivity contribution is -0.129. The minimum atomic E-state index is -0.986. The molecule has 1 heterocycles. The number of fused-ring (bicyclic) bond motifs is 1. The van der Waals surface area contributed by atoms with Gasteiger partial charge in [0, 0.05) is 29.6 Å². The minimum Gasteiger partial charge on any atom is -0.390 e. The molecule has 1 aliphatic carbocycles. The summed E-state index contributed by atoms with van der Waals surface area (Å²) in [5.41, 5.74) is 0.815. The zero-order valence-corrected chi connectivity index (χ0v) is 15.8. The van der Waals surface area contributed by atoms with Crippen molar-refractivity contribution in [2.45, 2.75) is 29.9 Å². The Morgan fingerprint density at radius 3 is 2.81 bits per heavy atom. The van der Waals surface area contributed by atoms with Crippen molar-refractivity contribution in [3.63, 3.8) is 0 Å². The predicted octanol–water partition coefficient (Wildman–Crippen LogP) is 1.10. The summed E-state index contributed by atoms with van der Waals surface area (Å²) in [4.78, 5) is 17.0. The Morgan fingerprint density at radius 2 is 2.12 bits per heavy atom. The number of rotatable bonds is 5. The Labute approximate surface area is 161 Å². The summed E-state index contributed by atoms with van der Waals surface area (Å²) in [6.07, 6.45) is -1.76. The van der Waals surface area contributed by atoms with Gasteiger partial charge in [-0.25, -0.2) is 0 Å². The fraction of sp³-hybridized carbons (Fsp3) is 0.529. The zero-order chi connectivity index (χ0) is 18.7. The van der Waals surface area contributed by atoms with Gasteiger partial charge in [0.2, 0.25) is 5.91 Å². The van der Waals surface area contributed by atoms with Gasteiger partial charge in [-0.1, -0.05) is 23.4 Å². The Bertz CT molecular complexity index is 672. The second-order valence-electron chi connectivity index (χ2n) is 6.32. The van der Waals surface area contributed by atoms with E-state index >= 15 is 0 Å². The summed E-state index contributed by atoms with van der Waals surface area (Å²) in [5, 5.41) is 27.5. The number of amides is 1. The molecule has 0 spiro atoms. The third-order valence-electron chi connectivity index (χ3n) is 4.52. The highest BCUT2D eigenvalue weighted by Crippen LogP contribution is 2.41. The number of hydrogen-bond acceptors (Lipinski definition) is 7. The molecule has 1 aliphatic heterocycles. The molecule has 5 atom stereocenters. The number of aliphatic imine (C=N–C) groups is 1. The summed E-state index contributed by atoms with van der Waals surface area (Å²) in [6, 6.07) is 6.65. The molecule has 9 heteroatoms. The Hall–Kier alpha value is -1.32. The third kappa shape index (κ3) is 4.32. The van der Waals surface area contributed by atoms with Gasteiger partial charge < -0.3 is 25.6 Å². The van der Waals surface area contributed by atoms with Crippen LogP contribution in [0.15, 0.2) is 29.3 Å². The van der Waals surface area contributed by atoms with E-state index in [9.17, 15) is 15.0 Å². The maximum Gasteiger partial charge on any atom is 0.224 e. The molecule has 1 aromatic rings. The second kappa shape index (κ2) is 8.58. The van der Waals surface area contributed by atoms with Crippen LogP contribution in [-0.2, 0) is 9.53 Å². The minimum absolute atomic E-state index is 0.154. The number of benzene rings is 1. The van der Waals surface area contributed by atoms with E-state index in [4.69, 9.17) is 16.3 Å². The van der Waals surface area contributed by atoms with E-state index in [1.54, 1.807) is 19.2 Å². The molecule has 0 radical (unpaired) electrons. The van der Waals surface area contributed by atoms with Gasteiger partial charge in [0.15, 0.2) is 5.17 Å². The zero-order valence-electron chi connectivity index (χ0n) is 14.3. The summed E-state index contributed by atoms with van der Waals surface area (Å²) < 4.78 is 4.94. The van der Waals surface area contributed by atoms with Crippen LogP contribution < -0.4 is 10.6 Å². The number of hydrogen-bond donors (Lipinski definition) is 4. The number of amidine groups is 1. The van der Waals surface area contributed by atoms with Gasteiger partial charge >= 0.3 is 0 Å². The Kier molecular flexibility index (Phi) is 6.42. The van der Waals surface area contributed by atoms with Crippen LogP contribution in [0.5, 0.6) is 0 Å². The molecule has 142 valence electrons. The summed E-state index contributed by atoms with van der Waals surface area (Å²) in [7, 11) is 1.57. The van der Waals surface area contributed by atoms with Crippen molar-refractivity contribution in [2.24, 2.45) is 10.9 Å². The van der Waals surface area contributed by atoms with Crippen LogP contribution in [-0.4, -0.2) is 65.0 Å². The van der Waals surface area contributed by atoms with Crippen LogP contribution in [0.4, 0.5) is 5.69 Å². The van der Waals surface area contributed by atoms with Gasteiger partial charge in [0.25, 0.3) is 0 Å². The van der Waals surface area contributed by atoms with E-state index in [1.807, 2.05) is 12.1 Å². The highest BCUT2D eigenvalue weighted by Gasteiger charge is 2.50. The maximum absolute atomic E-state index is 12.5. The maximum atomic E-state index is 12.5. The van der Waals surface area contributed by atoms with Crippen molar-refractivity contribution in [1.29, 1.82) is 0 Å². The first kappa shape index (κ1) is 19.4. The fourth-order valence-corrected chi connectivity index (χ4v) is 4.68. The summed E-state index contributed by atoms with van der Waals surface area (Å²) in [6.45, 7) is 0.827. The van der Waals surface area contributed by atoms with E-state index in [2.05, 4.69) is 15.6 Å². The molecule has 1 fully saturated rings. The topological polar surface area (TPSA) is 103 Å². The molecule has 26 heavy (non-hydrogen) atoms. The summed E-state index contributed by atoms with van der Waals surface area (Å²) >= 11 is 7.31. The van der Waals surface area contributed by atoms with Crippen LogP contribution in [0.3, 0.4) is 0 Å². The molecule has 2 aliphatic rings. The van der Waals surface area contributed by atoms with Gasteiger partial charge in [-0.3, -0.25) is 9.79 Å². The summed E-state index contributed by atoms with van der Waals surface area (Å²) in [5.74, 6) is -0.591. The SMILES string of the molecule is COCCNC(=O)C1CC(O)C(O)C2N=C(Nc3ccc(Cl)cc3)SC12. The van der Waals surface area contributed by atoms with E-state index in [1.165, 1.54) is 11.8 Å². The average Bonchev–Trinajstić information content (AvgIpc) is 3.04.